The first-order valence-electron chi connectivity index (χ1n) is 15.9. The Morgan fingerprint density at radius 3 is 2.19 bits per heavy atom. The fraction of sp³-hybridized carbons (Fsp3) is 0.636. The zero-order chi connectivity index (χ0) is 31.0. The van der Waals surface area contributed by atoms with Gasteiger partial charge in [0.05, 0.1) is 24.5 Å². The summed E-state index contributed by atoms with van der Waals surface area (Å²) in [6, 6.07) is 7.38. The topological polar surface area (TPSA) is 58.5 Å². The van der Waals surface area contributed by atoms with Crippen molar-refractivity contribution in [1.29, 1.82) is 0 Å². The lowest BCUT2D eigenvalue weighted by atomic mass is 10.0. The van der Waals surface area contributed by atoms with Crippen LogP contribution >= 0.6 is 0 Å². The van der Waals surface area contributed by atoms with Gasteiger partial charge in [0.25, 0.3) is 0 Å². The third-order valence-corrected chi connectivity index (χ3v) is 8.25. The van der Waals surface area contributed by atoms with Gasteiger partial charge in [-0.1, -0.05) is 34.1 Å². The van der Waals surface area contributed by atoms with Crippen LogP contribution in [-0.4, -0.2) is 70.3 Å². The Kier molecular flexibility index (Phi) is 11.7. The first-order valence-corrected chi connectivity index (χ1v) is 15.9. The summed E-state index contributed by atoms with van der Waals surface area (Å²) in [7, 11) is 1.62. The van der Waals surface area contributed by atoms with Crippen LogP contribution in [0.2, 0.25) is 0 Å². The fourth-order valence-electron chi connectivity index (χ4n) is 5.73. The molecule has 43 heavy (non-hydrogen) atoms. The molecule has 1 unspecified atom stereocenters. The molecule has 0 spiro atoms. The second-order valence-corrected chi connectivity index (χ2v) is 12.6. The Morgan fingerprint density at radius 2 is 1.60 bits per heavy atom. The van der Waals surface area contributed by atoms with Crippen LogP contribution in [0.15, 0.2) is 36.5 Å². The van der Waals surface area contributed by atoms with Crippen molar-refractivity contribution in [2.75, 3.05) is 45.2 Å². The van der Waals surface area contributed by atoms with Crippen molar-refractivity contribution in [3.8, 4) is 5.75 Å². The van der Waals surface area contributed by atoms with Gasteiger partial charge >= 0.3 is 6.18 Å². The van der Waals surface area contributed by atoms with E-state index in [4.69, 9.17) is 9.72 Å². The van der Waals surface area contributed by atoms with Gasteiger partial charge in [0, 0.05) is 12.2 Å². The van der Waals surface area contributed by atoms with Crippen molar-refractivity contribution in [3.05, 3.63) is 42.2 Å². The maximum Gasteiger partial charge on any atom is 0.409 e. The minimum Gasteiger partial charge on any atom is -0.497 e. The number of fused-ring (bicyclic) bond motifs is 1. The molecule has 0 bridgehead atoms. The summed E-state index contributed by atoms with van der Waals surface area (Å²) in [6.45, 7) is 12.7. The van der Waals surface area contributed by atoms with Crippen LogP contribution in [0.4, 0.5) is 24.8 Å². The van der Waals surface area contributed by atoms with Crippen LogP contribution in [-0.2, 0) is 6.54 Å². The highest BCUT2D eigenvalue weighted by atomic mass is 19.4. The minimum atomic E-state index is -4.46. The van der Waals surface area contributed by atoms with Crippen LogP contribution in [0.1, 0.15) is 78.0 Å². The summed E-state index contributed by atoms with van der Waals surface area (Å²) in [6.07, 6.45) is 3.02. The Labute approximate surface area is 254 Å². The standard InChI is InChI=1S/C33H49F3N6O/c1-24(2)14-20-41(21-15-25(3)4)31(33(34,35)36)28-22-30-29(23-37-28)39-32(38-26-10-12-27(43-5)13-11-26)42(30)19-9-18-40-16-7-6-8-17-40/h10-13,22-25,31H,6-9,14-21H2,1-5H3,(H,38,39). The maximum absolute atomic E-state index is 14.8. The van der Waals surface area contributed by atoms with Crippen LogP contribution in [0.25, 0.3) is 11.0 Å². The van der Waals surface area contributed by atoms with Crippen molar-refractivity contribution >= 4 is 22.7 Å². The quantitative estimate of drug-likeness (QED) is 0.190. The van der Waals surface area contributed by atoms with E-state index in [9.17, 15) is 13.2 Å². The molecule has 1 atom stereocenters. The number of hydrogen-bond acceptors (Lipinski definition) is 6. The van der Waals surface area contributed by atoms with E-state index in [1.54, 1.807) is 18.1 Å². The summed E-state index contributed by atoms with van der Waals surface area (Å²) >= 11 is 0. The van der Waals surface area contributed by atoms with E-state index >= 15 is 0 Å². The molecule has 3 heterocycles. The van der Waals surface area contributed by atoms with Gasteiger partial charge in [-0.15, -0.1) is 0 Å². The number of halogens is 3. The lowest BCUT2D eigenvalue weighted by Crippen LogP contribution is -2.41. The van der Waals surface area contributed by atoms with E-state index in [-0.39, 0.29) is 5.69 Å². The summed E-state index contributed by atoms with van der Waals surface area (Å²) < 4.78 is 51.8. The molecule has 2 aromatic heterocycles. The van der Waals surface area contributed by atoms with Gasteiger partial charge in [-0.05, 0) is 107 Å². The van der Waals surface area contributed by atoms with Crippen molar-refractivity contribution < 1.29 is 17.9 Å². The molecule has 1 aromatic carbocycles. The van der Waals surface area contributed by atoms with Gasteiger partial charge in [-0.3, -0.25) is 9.88 Å². The molecule has 0 aliphatic carbocycles. The molecule has 1 N–H and O–H groups in total. The minimum absolute atomic E-state index is 0.0284. The molecule has 0 radical (unpaired) electrons. The molecule has 10 heteroatoms. The summed E-state index contributed by atoms with van der Waals surface area (Å²) in [5.74, 6) is 1.95. The van der Waals surface area contributed by atoms with E-state index < -0.39 is 12.2 Å². The van der Waals surface area contributed by atoms with Gasteiger partial charge in [0.1, 0.15) is 17.3 Å². The average molecular weight is 603 g/mol. The zero-order valence-corrected chi connectivity index (χ0v) is 26.5. The molecule has 238 valence electrons. The van der Waals surface area contributed by atoms with E-state index in [2.05, 4.69) is 15.2 Å². The zero-order valence-electron chi connectivity index (χ0n) is 26.5. The number of piperidine rings is 1. The molecule has 3 aromatic rings. The molecule has 1 fully saturated rings. The van der Waals surface area contributed by atoms with Gasteiger partial charge in [-0.25, -0.2) is 4.98 Å². The lowest BCUT2D eigenvalue weighted by molar-refractivity contribution is -0.188. The molecule has 0 saturated carbocycles. The van der Waals surface area contributed by atoms with Crippen LogP contribution in [0.5, 0.6) is 5.75 Å². The second kappa shape index (κ2) is 15.2. The van der Waals surface area contributed by atoms with Crippen LogP contribution in [0, 0.1) is 11.8 Å². The van der Waals surface area contributed by atoms with E-state index in [0.717, 1.165) is 37.5 Å². The smallest absolute Gasteiger partial charge is 0.409 e. The van der Waals surface area contributed by atoms with Crippen molar-refractivity contribution in [3.63, 3.8) is 0 Å². The number of nitrogens with one attached hydrogen (secondary N) is 1. The first-order chi connectivity index (χ1) is 20.5. The van der Waals surface area contributed by atoms with Gasteiger partial charge in [0.15, 0.2) is 0 Å². The number of rotatable bonds is 15. The SMILES string of the molecule is COc1ccc(Nc2nc3cnc(C(N(CCC(C)C)CCC(C)C)C(F)(F)F)cc3n2CCCN2CCCCC2)cc1. The highest BCUT2D eigenvalue weighted by Crippen LogP contribution is 2.39. The Bertz CT molecular complexity index is 1260. The summed E-state index contributed by atoms with van der Waals surface area (Å²) in [5.41, 5.74) is 2.10. The number of pyridine rings is 1. The Morgan fingerprint density at radius 1 is 0.953 bits per heavy atom. The number of hydrogen-bond donors (Lipinski definition) is 1. The lowest BCUT2D eigenvalue weighted by Gasteiger charge is -2.33. The third kappa shape index (κ3) is 9.32. The number of likely N-dealkylation sites (tertiary alicyclic amines) is 1. The largest absolute Gasteiger partial charge is 0.497 e. The number of nitrogens with zero attached hydrogens (tertiary/aromatic N) is 5. The fourth-order valence-corrected chi connectivity index (χ4v) is 5.73. The van der Waals surface area contributed by atoms with E-state index in [0.29, 0.717) is 61.3 Å². The molecule has 7 nitrogen and oxygen atoms in total. The van der Waals surface area contributed by atoms with Gasteiger partial charge in [-0.2, -0.15) is 13.2 Å². The Balaban J connectivity index is 1.70. The predicted molar refractivity (Wildman–Crippen MR) is 168 cm³/mol. The van der Waals surface area contributed by atoms with Crippen molar-refractivity contribution in [2.24, 2.45) is 11.8 Å². The monoisotopic (exact) mass is 602 g/mol. The molecular formula is C33H49F3N6O. The number of methoxy groups -OCH3 is 1. The number of benzene rings is 1. The number of aromatic nitrogens is 3. The van der Waals surface area contributed by atoms with Crippen molar-refractivity contribution in [2.45, 2.75) is 85.0 Å². The normalized spacial score (nSPS) is 15.6. The predicted octanol–water partition coefficient (Wildman–Crippen LogP) is 8.06. The van der Waals surface area contributed by atoms with Crippen LogP contribution < -0.4 is 10.1 Å². The first kappa shape index (κ1) is 33.1. The van der Waals surface area contributed by atoms with E-state index in [1.807, 2.05) is 56.5 Å². The molecule has 1 aliphatic heterocycles. The van der Waals surface area contributed by atoms with Gasteiger partial charge in [0.2, 0.25) is 5.95 Å². The molecule has 1 aliphatic rings. The van der Waals surface area contributed by atoms with Gasteiger partial charge < -0.3 is 19.5 Å². The third-order valence-electron chi connectivity index (χ3n) is 8.25. The summed E-state index contributed by atoms with van der Waals surface area (Å²) in [5, 5.41) is 3.39. The Hall–Kier alpha value is -2.85. The molecular weight excluding hydrogens is 553 g/mol. The molecule has 0 amide bonds. The van der Waals surface area contributed by atoms with Crippen molar-refractivity contribution in [1.82, 2.24) is 24.3 Å². The van der Waals surface area contributed by atoms with E-state index in [1.165, 1.54) is 25.5 Å². The number of ether oxygens (including phenoxy) is 1. The number of aryl methyl sites for hydroxylation is 1. The summed E-state index contributed by atoms with van der Waals surface area (Å²) in [4.78, 5) is 13.3. The average Bonchev–Trinajstić information content (AvgIpc) is 3.30. The molecule has 4 rings (SSSR count). The number of anilines is 2. The molecule has 1 saturated heterocycles. The number of imidazole rings is 1. The van der Waals surface area contributed by atoms with Crippen LogP contribution in [0.3, 0.4) is 0 Å². The second-order valence-electron chi connectivity index (χ2n) is 12.6. The highest BCUT2D eigenvalue weighted by molar-refractivity contribution is 5.79. The highest BCUT2D eigenvalue weighted by Gasteiger charge is 2.45. The number of alkyl halides is 3. The maximum atomic E-state index is 14.8.